The summed E-state index contributed by atoms with van der Waals surface area (Å²) in [7, 11) is 3.41. The van der Waals surface area contributed by atoms with Gasteiger partial charge in [-0.2, -0.15) is 0 Å². The number of benzene rings is 1. The molecule has 0 fully saturated rings. The molecule has 0 aromatic heterocycles. The van der Waals surface area contributed by atoms with Gasteiger partial charge in [0, 0.05) is 19.2 Å². The lowest BCUT2D eigenvalue weighted by molar-refractivity contribution is -0.118. The van der Waals surface area contributed by atoms with Crippen LogP contribution in [-0.4, -0.2) is 26.6 Å². The maximum atomic E-state index is 12.0. The second kappa shape index (κ2) is 7.01. The van der Waals surface area contributed by atoms with E-state index in [0.29, 0.717) is 18.9 Å². The highest BCUT2D eigenvalue weighted by molar-refractivity contribution is 5.92. The molecule has 0 aliphatic heterocycles. The first-order valence-electron chi connectivity index (χ1n) is 6.19. The fourth-order valence-electron chi connectivity index (χ4n) is 1.61. The molecule has 0 saturated heterocycles. The van der Waals surface area contributed by atoms with Gasteiger partial charge in [0.2, 0.25) is 5.91 Å². The molecule has 100 valence electrons. The Kier molecular flexibility index (Phi) is 5.65. The summed E-state index contributed by atoms with van der Waals surface area (Å²) in [5.74, 6) is 1.29. The Morgan fingerprint density at radius 2 is 2.00 bits per heavy atom. The third-order valence-corrected chi connectivity index (χ3v) is 3.09. The van der Waals surface area contributed by atoms with Gasteiger partial charge in [-0.15, -0.1) is 0 Å². The first kappa shape index (κ1) is 14.5. The van der Waals surface area contributed by atoms with Gasteiger partial charge in [-0.05, 0) is 43.1 Å². The Balaban J connectivity index is 2.56. The highest BCUT2D eigenvalue weighted by Gasteiger charge is 2.12. The van der Waals surface area contributed by atoms with Crippen molar-refractivity contribution >= 4 is 11.6 Å². The Morgan fingerprint density at radius 3 is 2.50 bits per heavy atom. The second-order valence-electron chi connectivity index (χ2n) is 4.53. The van der Waals surface area contributed by atoms with Gasteiger partial charge in [-0.1, -0.05) is 6.92 Å². The molecule has 0 aliphatic rings. The van der Waals surface area contributed by atoms with Crippen LogP contribution in [0.1, 0.15) is 19.8 Å². The molecular formula is C14H22N2O2. The Bertz CT molecular complexity index is 376. The minimum Gasteiger partial charge on any atom is -0.497 e. The van der Waals surface area contributed by atoms with Crippen LogP contribution in [0.3, 0.4) is 0 Å². The Hall–Kier alpha value is -1.55. The molecule has 2 N–H and O–H groups in total. The smallest absolute Gasteiger partial charge is 0.226 e. The molecule has 0 radical (unpaired) electrons. The number of methoxy groups -OCH3 is 1. The molecule has 4 nitrogen and oxygen atoms in total. The first-order valence-corrected chi connectivity index (χ1v) is 6.19. The molecule has 0 heterocycles. The predicted octanol–water partition coefficient (Wildman–Crippen LogP) is 2.03. The molecular weight excluding hydrogens is 228 g/mol. The molecule has 4 heteroatoms. The van der Waals surface area contributed by atoms with Gasteiger partial charge in [0.1, 0.15) is 5.75 Å². The number of rotatable bonds is 6. The summed E-state index contributed by atoms with van der Waals surface area (Å²) < 4.78 is 5.09. The Labute approximate surface area is 109 Å². The fourth-order valence-corrected chi connectivity index (χ4v) is 1.61. The third-order valence-electron chi connectivity index (χ3n) is 3.09. The van der Waals surface area contributed by atoms with Crippen molar-refractivity contribution in [2.24, 2.45) is 11.7 Å². The van der Waals surface area contributed by atoms with Gasteiger partial charge >= 0.3 is 0 Å². The number of hydrogen-bond donors (Lipinski definition) is 1. The molecule has 1 unspecified atom stereocenters. The number of carbonyl (C=O) groups is 1. The van der Waals surface area contributed by atoms with E-state index in [4.69, 9.17) is 10.5 Å². The van der Waals surface area contributed by atoms with Gasteiger partial charge < -0.3 is 15.4 Å². The van der Waals surface area contributed by atoms with E-state index in [1.54, 1.807) is 19.1 Å². The molecule has 1 rings (SSSR count). The van der Waals surface area contributed by atoms with Crippen LogP contribution in [0.4, 0.5) is 5.69 Å². The largest absolute Gasteiger partial charge is 0.497 e. The van der Waals surface area contributed by atoms with Crippen LogP contribution in [0, 0.1) is 5.92 Å². The average Bonchev–Trinajstić information content (AvgIpc) is 2.43. The van der Waals surface area contributed by atoms with E-state index >= 15 is 0 Å². The number of nitrogens with zero attached hydrogens (tertiary/aromatic N) is 1. The van der Waals surface area contributed by atoms with E-state index in [2.05, 4.69) is 6.92 Å². The van der Waals surface area contributed by atoms with Crippen LogP contribution in [0.25, 0.3) is 0 Å². The first-order chi connectivity index (χ1) is 8.58. The summed E-state index contributed by atoms with van der Waals surface area (Å²) in [5, 5.41) is 0. The van der Waals surface area contributed by atoms with Crippen molar-refractivity contribution in [2.75, 3.05) is 25.6 Å². The molecule has 0 bridgehead atoms. The van der Waals surface area contributed by atoms with E-state index in [9.17, 15) is 4.79 Å². The van der Waals surface area contributed by atoms with Crippen LogP contribution in [0.5, 0.6) is 5.75 Å². The summed E-state index contributed by atoms with van der Waals surface area (Å²) in [6.07, 6.45) is 1.36. The number of ether oxygens (including phenoxy) is 1. The zero-order valence-electron chi connectivity index (χ0n) is 11.3. The normalized spacial score (nSPS) is 12.0. The van der Waals surface area contributed by atoms with Gasteiger partial charge in [0.05, 0.1) is 7.11 Å². The molecule has 18 heavy (non-hydrogen) atoms. The van der Waals surface area contributed by atoms with Crippen molar-refractivity contribution in [1.82, 2.24) is 0 Å². The van der Waals surface area contributed by atoms with E-state index in [1.165, 1.54) is 0 Å². The Morgan fingerprint density at radius 1 is 1.39 bits per heavy atom. The molecule has 1 aromatic carbocycles. The number of anilines is 1. The lowest BCUT2D eigenvalue weighted by Crippen LogP contribution is -2.26. The number of hydrogen-bond acceptors (Lipinski definition) is 3. The quantitative estimate of drug-likeness (QED) is 0.840. The minimum atomic E-state index is 0.112. The molecule has 0 spiro atoms. The predicted molar refractivity (Wildman–Crippen MR) is 73.9 cm³/mol. The molecule has 1 aromatic rings. The summed E-state index contributed by atoms with van der Waals surface area (Å²) in [6, 6.07) is 7.45. The van der Waals surface area contributed by atoms with Crippen molar-refractivity contribution in [1.29, 1.82) is 0 Å². The summed E-state index contributed by atoms with van der Waals surface area (Å²) >= 11 is 0. The van der Waals surface area contributed by atoms with E-state index < -0.39 is 0 Å². The molecule has 1 amide bonds. The maximum absolute atomic E-state index is 12.0. The van der Waals surface area contributed by atoms with Gasteiger partial charge in [-0.3, -0.25) is 4.79 Å². The monoisotopic (exact) mass is 250 g/mol. The highest BCUT2D eigenvalue weighted by Crippen LogP contribution is 2.19. The van der Waals surface area contributed by atoms with Gasteiger partial charge in [0.15, 0.2) is 0 Å². The van der Waals surface area contributed by atoms with E-state index in [0.717, 1.165) is 17.9 Å². The van der Waals surface area contributed by atoms with Gasteiger partial charge in [-0.25, -0.2) is 0 Å². The van der Waals surface area contributed by atoms with Crippen molar-refractivity contribution < 1.29 is 9.53 Å². The lowest BCUT2D eigenvalue weighted by Gasteiger charge is -2.18. The number of nitrogens with two attached hydrogens (primary N) is 1. The second-order valence-corrected chi connectivity index (χ2v) is 4.53. The van der Waals surface area contributed by atoms with Crippen LogP contribution in [-0.2, 0) is 4.79 Å². The van der Waals surface area contributed by atoms with Crippen molar-refractivity contribution in [3.63, 3.8) is 0 Å². The molecule has 0 aliphatic carbocycles. The van der Waals surface area contributed by atoms with Crippen LogP contribution in [0.2, 0.25) is 0 Å². The fraction of sp³-hybridized carbons (Fsp3) is 0.500. The minimum absolute atomic E-state index is 0.112. The SMILES string of the molecule is COc1ccc(N(C)C(=O)CCC(C)CN)cc1. The van der Waals surface area contributed by atoms with Crippen LogP contribution in [0.15, 0.2) is 24.3 Å². The van der Waals surface area contributed by atoms with Crippen LogP contribution < -0.4 is 15.4 Å². The van der Waals surface area contributed by atoms with Crippen molar-refractivity contribution in [2.45, 2.75) is 19.8 Å². The maximum Gasteiger partial charge on any atom is 0.226 e. The highest BCUT2D eigenvalue weighted by atomic mass is 16.5. The van der Waals surface area contributed by atoms with E-state index in [-0.39, 0.29) is 5.91 Å². The van der Waals surface area contributed by atoms with Crippen molar-refractivity contribution in [3.8, 4) is 5.75 Å². The standard InChI is InChI=1S/C14H22N2O2/c1-11(10-15)4-9-14(17)16(2)12-5-7-13(18-3)8-6-12/h5-8,11H,4,9-10,15H2,1-3H3. The summed E-state index contributed by atoms with van der Waals surface area (Å²) in [6.45, 7) is 2.68. The zero-order valence-corrected chi connectivity index (χ0v) is 11.3. The molecule has 0 saturated carbocycles. The van der Waals surface area contributed by atoms with Crippen LogP contribution >= 0.6 is 0 Å². The van der Waals surface area contributed by atoms with Gasteiger partial charge in [0.25, 0.3) is 0 Å². The van der Waals surface area contributed by atoms with E-state index in [1.807, 2.05) is 24.3 Å². The lowest BCUT2D eigenvalue weighted by atomic mass is 10.1. The van der Waals surface area contributed by atoms with Crippen molar-refractivity contribution in [3.05, 3.63) is 24.3 Å². The molecule has 1 atom stereocenters. The number of carbonyl (C=O) groups excluding carboxylic acids is 1. The average molecular weight is 250 g/mol. The third kappa shape index (κ3) is 4.04. The topological polar surface area (TPSA) is 55.6 Å². The summed E-state index contributed by atoms with van der Waals surface area (Å²) in [5.41, 5.74) is 6.41. The number of amides is 1. The zero-order chi connectivity index (χ0) is 13.5. The summed E-state index contributed by atoms with van der Waals surface area (Å²) in [4.78, 5) is 13.6.